The summed E-state index contributed by atoms with van der Waals surface area (Å²) in [5.74, 6) is 0. The predicted octanol–water partition coefficient (Wildman–Crippen LogP) is 4.11. The summed E-state index contributed by atoms with van der Waals surface area (Å²) >= 11 is 1.54. The summed E-state index contributed by atoms with van der Waals surface area (Å²) in [5.41, 5.74) is 3.67. The van der Waals surface area contributed by atoms with Gasteiger partial charge in [0.05, 0.1) is 5.52 Å². The number of fused-ring (bicyclic) bond motifs is 3. The Hall–Kier alpha value is -1.16. The Morgan fingerprint density at radius 2 is 1.90 bits per heavy atom. The molecule has 1 radical (unpaired) electrons. The zero-order chi connectivity index (χ0) is 12.7. The third kappa shape index (κ3) is 2.30. The summed E-state index contributed by atoms with van der Waals surface area (Å²) in [6.45, 7) is 0. The van der Waals surface area contributed by atoms with Gasteiger partial charge in [-0.2, -0.15) is 6.07 Å². The molecule has 0 unspecified atom stereocenters. The molecule has 0 N–H and O–H groups in total. The normalized spacial score (nSPS) is 10.6. The van der Waals surface area contributed by atoms with Gasteiger partial charge in [0.1, 0.15) is 0 Å². The molecule has 3 heterocycles. The van der Waals surface area contributed by atoms with Crippen LogP contribution < -0.4 is 0 Å². The van der Waals surface area contributed by atoms with E-state index in [9.17, 15) is 0 Å². The fourth-order valence-corrected chi connectivity index (χ4v) is 2.73. The zero-order valence-electron chi connectivity index (χ0n) is 10.5. The van der Waals surface area contributed by atoms with Gasteiger partial charge in [-0.3, -0.25) is 16.3 Å². The number of hydrogen-bond donors (Lipinski definition) is 0. The van der Waals surface area contributed by atoms with Crippen molar-refractivity contribution in [3.63, 3.8) is 0 Å². The minimum Gasteiger partial charge on any atom is -0.333 e. The van der Waals surface area contributed by atoms with E-state index in [0.717, 1.165) is 33.1 Å². The Balaban J connectivity index is 0.00000121. The van der Waals surface area contributed by atoms with Gasteiger partial charge < -0.3 is 4.98 Å². The van der Waals surface area contributed by atoms with Crippen LogP contribution in [0, 0.1) is 11.4 Å². The van der Waals surface area contributed by atoms with E-state index in [2.05, 4.69) is 34.6 Å². The second kappa shape index (κ2) is 5.68. The fraction of sp³-hybridized carbons (Fsp3) is 0. The third-order valence-corrected chi connectivity index (χ3v) is 3.70. The monoisotopic (exact) mass is 349 g/mol. The smallest absolute Gasteiger partial charge is 0.0829 e. The van der Waals surface area contributed by atoms with Gasteiger partial charge in [-0.05, 0) is 6.07 Å². The molecule has 0 atom stereocenters. The van der Waals surface area contributed by atoms with Crippen molar-refractivity contribution in [1.29, 1.82) is 0 Å². The minimum absolute atomic E-state index is 0. The van der Waals surface area contributed by atoms with Crippen LogP contribution >= 0.6 is 11.3 Å². The van der Waals surface area contributed by atoms with Crippen LogP contribution in [0.1, 0.15) is 0 Å². The molecule has 2 nitrogen and oxygen atoms in total. The van der Waals surface area contributed by atoms with Crippen molar-refractivity contribution in [3.05, 3.63) is 59.4 Å². The molecule has 93 valence electrons. The van der Waals surface area contributed by atoms with Crippen LogP contribution in [-0.2, 0) is 32.7 Å². The van der Waals surface area contributed by atoms with E-state index in [1.165, 1.54) is 0 Å². The van der Waals surface area contributed by atoms with Crippen LogP contribution in [0.15, 0.2) is 48.0 Å². The van der Waals surface area contributed by atoms with E-state index in [0.29, 0.717) is 0 Å². The molecule has 0 aliphatic carbocycles. The quantitative estimate of drug-likeness (QED) is 0.382. The van der Waals surface area contributed by atoms with E-state index >= 15 is 0 Å². The molecule has 0 aliphatic heterocycles. The minimum atomic E-state index is 0. The van der Waals surface area contributed by atoms with Gasteiger partial charge in [-0.25, -0.2) is 17.7 Å². The molecule has 0 saturated carbocycles. The van der Waals surface area contributed by atoms with E-state index in [4.69, 9.17) is 4.98 Å². The largest absolute Gasteiger partial charge is 0.333 e. The van der Waals surface area contributed by atoms with Crippen LogP contribution in [-0.4, -0.2) is 9.97 Å². The van der Waals surface area contributed by atoms with Crippen molar-refractivity contribution < 1.29 is 32.7 Å². The maximum atomic E-state index is 4.70. The van der Waals surface area contributed by atoms with Gasteiger partial charge in [-0.15, -0.1) is 22.5 Å². The van der Waals surface area contributed by atoms with Gasteiger partial charge in [0.15, 0.2) is 0 Å². The molecule has 0 saturated heterocycles. The van der Waals surface area contributed by atoms with Crippen molar-refractivity contribution in [2.24, 2.45) is 0 Å². The standard InChI is InChI=1S/C16H8N2S.Y/c1-2-11-3-4-12-5-6-14(13-7-9-19-10-13)18-16(12)15(11)17-8-1;/h1-5,7-9H;/q-2;. The molecule has 1 aromatic carbocycles. The molecule has 0 spiro atoms. The van der Waals surface area contributed by atoms with E-state index in [1.807, 2.05) is 23.6 Å². The Labute approximate surface area is 145 Å². The number of pyridine rings is 2. The van der Waals surface area contributed by atoms with E-state index in [-0.39, 0.29) is 32.7 Å². The first kappa shape index (κ1) is 13.8. The first-order valence-electron chi connectivity index (χ1n) is 5.93. The average Bonchev–Trinajstić information content (AvgIpc) is 3.01. The maximum absolute atomic E-state index is 4.70. The Morgan fingerprint density at radius 1 is 1.00 bits per heavy atom. The zero-order valence-corrected chi connectivity index (χ0v) is 14.2. The van der Waals surface area contributed by atoms with Crippen molar-refractivity contribution in [3.8, 4) is 11.3 Å². The van der Waals surface area contributed by atoms with Gasteiger partial charge in [0.25, 0.3) is 0 Å². The molecular weight excluding hydrogens is 341 g/mol. The Morgan fingerprint density at radius 3 is 2.75 bits per heavy atom. The number of rotatable bonds is 1. The van der Waals surface area contributed by atoms with Crippen molar-refractivity contribution in [2.75, 3.05) is 0 Å². The summed E-state index contributed by atoms with van der Waals surface area (Å²) < 4.78 is 0. The van der Waals surface area contributed by atoms with E-state index in [1.54, 1.807) is 17.5 Å². The van der Waals surface area contributed by atoms with Crippen LogP contribution in [0.3, 0.4) is 0 Å². The molecule has 4 rings (SSSR count). The predicted molar refractivity (Wildman–Crippen MR) is 78.0 cm³/mol. The molecule has 0 aliphatic rings. The summed E-state index contributed by atoms with van der Waals surface area (Å²) in [5, 5.41) is 7.36. The Bertz CT molecular complexity index is 872. The van der Waals surface area contributed by atoms with Crippen LogP contribution in [0.4, 0.5) is 0 Å². The van der Waals surface area contributed by atoms with E-state index < -0.39 is 0 Å². The number of thiophene rings is 1. The molecule has 4 heteroatoms. The molecule has 0 amide bonds. The molecular formula is C16H8N2SY-2. The van der Waals surface area contributed by atoms with Gasteiger partial charge >= 0.3 is 0 Å². The van der Waals surface area contributed by atoms with Crippen LogP contribution in [0.25, 0.3) is 33.1 Å². The van der Waals surface area contributed by atoms with Gasteiger partial charge in [-0.1, -0.05) is 17.5 Å². The van der Waals surface area contributed by atoms with Gasteiger partial charge in [0.2, 0.25) is 0 Å². The van der Waals surface area contributed by atoms with Crippen LogP contribution in [0.5, 0.6) is 0 Å². The maximum Gasteiger partial charge on any atom is 0.0829 e. The number of nitrogens with zero attached hydrogens (tertiary/aromatic N) is 2. The second-order valence-corrected chi connectivity index (χ2v) is 4.98. The number of hydrogen-bond acceptors (Lipinski definition) is 3. The summed E-state index contributed by atoms with van der Waals surface area (Å²) in [6.07, 6.45) is 1.80. The van der Waals surface area contributed by atoms with Crippen molar-refractivity contribution in [2.45, 2.75) is 0 Å². The molecule has 20 heavy (non-hydrogen) atoms. The first-order chi connectivity index (χ1) is 9.42. The second-order valence-electron chi connectivity index (χ2n) is 4.26. The van der Waals surface area contributed by atoms with Gasteiger partial charge in [0, 0.05) is 49.8 Å². The molecule has 3 aromatic heterocycles. The topological polar surface area (TPSA) is 25.8 Å². The third-order valence-electron chi connectivity index (χ3n) is 3.09. The number of aromatic nitrogens is 2. The van der Waals surface area contributed by atoms with Crippen molar-refractivity contribution >= 4 is 33.1 Å². The summed E-state index contributed by atoms with van der Waals surface area (Å²) in [4.78, 5) is 9.15. The van der Waals surface area contributed by atoms with Crippen molar-refractivity contribution in [1.82, 2.24) is 9.97 Å². The summed E-state index contributed by atoms with van der Waals surface area (Å²) in [7, 11) is 0. The molecule has 0 bridgehead atoms. The average molecular weight is 349 g/mol. The fourth-order valence-electron chi connectivity index (χ4n) is 2.17. The van der Waals surface area contributed by atoms with Crippen LogP contribution in [0.2, 0.25) is 0 Å². The Kier molecular flexibility index (Phi) is 3.92. The molecule has 0 fully saturated rings. The molecule has 4 aromatic rings. The first-order valence-corrected chi connectivity index (χ1v) is 6.81. The SMILES string of the molecule is [Y].[c-]1sccc1-c1[c-]cc2ccc3cccnc3c2n1. The number of benzene rings is 1. The summed E-state index contributed by atoms with van der Waals surface area (Å²) in [6, 6.07) is 15.3.